The summed E-state index contributed by atoms with van der Waals surface area (Å²) in [5.74, 6) is 1.72. The minimum atomic E-state index is -0.410. The molecular formula is C29H36N2O2S. The second-order valence-electron chi connectivity index (χ2n) is 8.57. The minimum absolute atomic E-state index is 0.104. The van der Waals surface area contributed by atoms with Crippen LogP contribution in [-0.4, -0.2) is 38.4 Å². The van der Waals surface area contributed by atoms with Crippen molar-refractivity contribution >= 4 is 17.7 Å². The summed E-state index contributed by atoms with van der Waals surface area (Å²) in [6.45, 7) is 4.82. The van der Waals surface area contributed by atoms with Gasteiger partial charge in [-0.3, -0.25) is 4.79 Å². The number of benzene rings is 3. The van der Waals surface area contributed by atoms with Crippen LogP contribution in [0.1, 0.15) is 42.0 Å². The van der Waals surface area contributed by atoms with Crippen LogP contribution in [0.2, 0.25) is 0 Å². The molecule has 2 N–H and O–H groups in total. The molecule has 0 radical (unpaired) electrons. The van der Waals surface area contributed by atoms with E-state index in [2.05, 4.69) is 91.2 Å². The van der Waals surface area contributed by atoms with Crippen LogP contribution in [0.3, 0.4) is 0 Å². The second kappa shape index (κ2) is 12.6. The van der Waals surface area contributed by atoms with Crippen molar-refractivity contribution in [2.75, 3.05) is 26.5 Å². The summed E-state index contributed by atoms with van der Waals surface area (Å²) >= 11 is 1.85. The number of hydrogen-bond donors (Lipinski definition) is 2. The molecular weight excluding hydrogens is 440 g/mol. The van der Waals surface area contributed by atoms with E-state index in [1.807, 2.05) is 30.9 Å². The molecule has 0 aliphatic rings. The number of hydrogen-bond acceptors (Lipinski definition) is 4. The van der Waals surface area contributed by atoms with E-state index in [1.54, 1.807) is 7.11 Å². The van der Waals surface area contributed by atoms with E-state index in [0.29, 0.717) is 19.0 Å². The molecule has 0 bridgehead atoms. The largest absolute Gasteiger partial charge is 0.497 e. The van der Waals surface area contributed by atoms with Gasteiger partial charge < -0.3 is 15.4 Å². The van der Waals surface area contributed by atoms with Crippen molar-refractivity contribution in [3.63, 3.8) is 0 Å². The molecule has 0 aliphatic carbocycles. The normalized spacial score (nSPS) is 13.6. The highest BCUT2D eigenvalue weighted by Gasteiger charge is 2.36. The molecule has 0 aromatic heterocycles. The first-order chi connectivity index (χ1) is 16.5. The van der Waals surface area contributed by atoms with Crippen LogP contribution in [0.4, 0.5) is 0 Å². The Labute approximate surface area is 208 Å². The van der Waals surface area contributed by atoms with E-state index in [9.17, 15) is 4.79 Å². The Morgan fingerprint density at radius 3 is 2.12 bits per heavy atom. The van der Waals surface area contributed by atoms with Gasteiger partial charge in [0.05, 0.1) is 11.9 Å². The van der Waals surface area contributed by atoms with Crippen molar-refractivity contribution in [1.29, 1.82) is 0 Å². The molecule has 5 heteroatoms. The SMILES string of the molecule is CNC(C)CCC(=O)NCCSC(c1ccccc1)(c1ccc(C)cc1)c1ccc(OC)cc1. The van der Waals surface area contributed by atoms with Crippen LogP contribution < -0.4 is 15.4 Å². The molecule has 2 atom stereocenters. The van der Waals surface area contributed by atoms with Crippen molar-refractivity contribution in [3.8, 4) is 5.75 Å². The Kier molecular flexibility index (Phi) is 9.61. The number of carbonyl (C=O) groups excluding carboxylic acids is 1. The number of aryl methyl sites for hydroxylation is 1. The Morgan fingerprint density at radius 2 is 1.53 bits per heavy atom. The van der Waals surface area contributed by atoms with E-state index in [1.165, 1.54) is 22.3 Å². The average Bonchev–Trinajstić information content (AvgIpc) is 2.88. The van der Waals surface area contributed by atoms with E-state index < -0.39 is 4.75 Å². The van der Waals surface area contributed by atoms with Gasteiger partial charge in [-0.2, -0.15) is 0 Å². The molecule has 1 amide bonds. The van der Waals surface area contributed by atoms with Gasteiger partial charge in [-0.1, -0.05) is 72.3 Å². The number of thioether (sulfide) groups is 1. The van der Waals surface area contributed by atoms with E-state index >= 15 is 0 Å². The molecule has 0 heterocycles. The van der Waals surface area contributed by atoms with Gasteiger partial charge in [0.15, 0.2) is 0 Å². The van der Waals surface area contributed by atoms with Gasteiger partial charge >= 0.3 is 0 Å². The van der Waals surface area contributed by atoms with Crippen LogP contribution >= 0.6 is 11.8 Å². The molecule has 2 unspecified atom stereocenters. The first-order valence-corrected chi connectivity index (χ1v) is 12.8. The van der Waals surface area contributed by atoms with E-state index in [0.717, 1.165) is 17.9 Å². The Balaban J connectivity index is 1.90. The maximum Gasteiger partial charge on any atom is 0.220 e. The van der Waals surface area contributed by atoms with Crippen LogP contribution in [-0.2, 0) is 9.54 Å². The summed E-state index contributed by atoms with van der Waals surface area (Å²) in [6, 6.07) is 28.1. The number of amides is 1. The first kappa shape index (κ1) is 25.9. The molecule has 4 nitrogen and oxygen atoms in total. The quantitative estimate of drug-likeness (QED) is 0.266. The lowest BCUT2D eigenvalue weighted by Gasteiger charge is -2.35. The highest BCUT2D eigenvalue weighted by Crippen LogP contribution is 2.48. The third-order valence-corrected chi connectivity index (χ3v) is 7.72. The number of ether oxygens (including phenoxy) is 1. The molecule has 180 valence electrons. The minimum Gasteiger partial charge on any atom is -0.497 e. The summed E-state index contributed by atoms with van der Waals surface area (Å²) in [7, 11) is 3.61. The number of methoxy groups -OCH3 is 1. The average molecular weight is 477 g/mol. The third kappa shape index (κ3) is 6.43. The van der Waals surface area contributed by atoms with Crippen LogP contribution in [0, 0.1) is 6.92 Å². The molecule has 3 aromatic rings. The predicted octanol–water partition coefficient (Wildman–Crippen LogP) is 5.53. The van der Waals surface area contributed by atoms with Crippen molar-refractivity contribution in [2.45, 2.75) is 37.5 Å². The van der Waals surface area contributed by atoms with Gasteiger partial charge in [0.2, 0.25) is 5.91 Å². The summed E-state index contributed by atoms with van der Waals surface area (Å²) in [5, 5.41) is 6.29. The Hall–Kier alpha value is -2.76. The van der Waals surface area contributed by atoms with Crippen molar-refractivity contribution in [1.82, 2.24) is 10.6 Å². The fourth-order valence-corrected chi connectivity index (χ4v) is 5.43. The zero-order valence-corrected chi connectivity index (χ0v) is 21.5. The molecule has 0 saturated carbocycles. The maximum atomic E-state index is 12.3. The molecule has 0 saturated heterocycles. The third-order valence-electron chi connectivity index (χ3n) is 6.17. The lowest BCUT2D eigenvalue weighted by molar-refractivity contribution is -0.121. The van der Waals surface area contributed by atoms with Crippen LogP contribution in [0.5, 0.6) is 5.75 Å². The zero-order valence-electron chi connectivity index (χ0n) is 20.6. The molecule has 0 fully saturated rings. The predicted molar refractivity (Wildman–Crippen MR) is 144 cm³/mol. The zero-order chi connectivity index (χ0) is 24.4. The molecule has 34 heavy (non-hydrogen) atoms. The highest BCUT2D eigenvalue weighted by atomic mass is 32.2. The van der Waals surface area contributed by atoms with Crippen LogP contribution in [0.15, 0.2) is 78.9 Å². The van der Waals surface area contributed by atoms with Crippen molar-refractivity contribution in [2.24, 2.45) is 0 Å². The summed E-state index contributed by atoms with van der Waals surface area (Å²) in [4.78, 5) is 12.3. The van der Waals surface area contributed by atoms with Crippen molar-refractivity contribution in [3.05, 3.63) is 101 Å². The molecule has 3 rings (SSSR count). The molecule has 3 aromatic carbocycles. The number of carbonyl (C=O) groups is 1. The smallest absolute Gasteiger partial charge is 0.220 e. The lowest BCUT2D eigenvalue weighted by atomic mass is 9.83. The fourth-order valence-electron chi connectivity index (χ4n) is 4.01. The van der Waals surface area contributed by atoms with Gasteiger partial charge in [-0.15, -0.1) is 11.8 Å². The lowest BCUT2D eigenvalue weighted by Crippen LogP contribution is -2.31. The highest BCUT2D eigenvalue weighted by molar-refractivity contribution is 8.00. The number of nitrogens with one attached hydrogen (secondary N) is 2. The maximum absolute atomic E-state index is 12.3. The second-order valence-corrected chi connectivity index (χ2v) is 9.88. The Morgan fingerprint density at radius 1 is 0.941 bits per heavy atom. The number of rotatable bonds is 12. The fraction of sp³-hybridized carbons (Fsp3) is 0.345. The van der Waals surface area contributed by atoms with Gasteiger partial charge in [0.25, 0.3) is 0 Å². The Bertz CT molecular complexity index is 1020. The molecule has 0 spiro atoms. The van der Waals surface area contributed by atoms with Gasteiger partial charge in [-0.05, 0) is 56.1 Å². The topological polar surface area (TPSA) is 50.4 Å². The van der Waals surface area contributed by atoms with E-state index in [-0.39, 0.29) is 5.91 Å². The first-order valence-electron chi connectivity index (χ1n) is 11.8. The van der Waals surface area contributed by atoms with Crippen molar-refractivity contribution < 1.29 is 9.53 Å². The van der Waals surface area contributed by atoms with Gasteiger partial charge in [0.1, 0.15) is 5.75 Å². The summed E-state index contributed by atoms with van der Waals surface area (Å²) < 4.78 is 5.01. The van der Waals surface area contributed by atoms with Gasteiger partial charge in [-0.25, -0.2) is 0 Å². The van der Waals surface area contributed by atoms with Crippen LogP contribution in [0.25, 0.3) is 0 Å². The van der Waals surface area contributed by atoms with Gasteiger partial charge in [0, 0.05) is 24.8 Å². The standard InChI is InChI=1S/C29H36N2O2S/c1-22-10-13-25(14-11-22)29(24-8-6-5-7-9-24,26-15-17-27(33-4)18-16-26)34-21-20-31-28(32)19-12-23(2)30-3/h5-11,13-18,23,30H,12,19-21H2,1-4H3,(H,31,32). The van der Waals surface area contributed by atoms with E-state index in [4.69, 9.17) is 4.74 Å². The summed E-state index contributed by atoms with van der Waals surface area (Å²) in [5.41, 5.74) is 4.84. The molecule has 0 aliphatic heterocycles. The summed E-state index contributed by atoms with van der Waals surface area (Å²) in [6.07, 6.45) is 1.37. The monoisotopic (exact) mass is 476 g/mol.